The molecular weight excluding hydrogens is 1050 g/mol. The number of anilines is 1. The molecule has 2 unspecified atom stereocenters. The smallest absolute Gasteiger partial charge is 0.351 e. The van der Waals surface area contributed by atoms with E-state index in [0.29, 0.717) is 11.1 Å². The molecule has 0 radical (unpaired) electrons. The number of H-pyrrole nitrogens is 2. The van der Waals surface area contributed by atoms with E-state index in [9.17, 15) is 33.9 Å². The number of methoxy groups -OCH3 is 1. The largest absolute Gasteiger partial charge is 0.394 e. The summed E-state index contributed by atoms with van der Waals surface area (Å²) in [6.45, 7) is 9.36. The maximum absolute atomic E-state index is 13.4. The highest BCUT2D eigenvalue weighted by Gasteiger charge is 2.46. The second-order valence-corrected chi connectivity index (χ2v) is 22.9. The lowest BCUT2D eigenvalue weighted by molar-refractivity contribution is -0.0606. The number of aryl methyl sites for hydroxylation is 3. The number of aliphatic hydroxyl groups is 1. The average molecular weight is 1110 g/mol. The summed E-state index contributed by atoms with van der Waals surface area (Å²) < 4.78 is 65.2. The minimum Gasteiger partial charge on any atom is -0.394 e. The minimum atomic E-state index is -3.95. The molecule has 0 aliphatic carbocycles. The van der Waals surface area contributed by atoms with Gasteiger partial charge in [0.15, 0.2) is 0 Å². The summed E-state index contributed by atoms with van der Waals surface area (Å²) in [6, 6.07) is 8.44. The van der Waals surface area contributed by atoms with E-state index in [-0.39, 0.29) is 69.1 Å². The molecule has 3 saturated heterocycles. The van der Waals surface area contributed by atoms with Gasteiger partial charge in [-0.05, 0) is 56.5 Å². The number of benzene rings is 1. The summed E-state index contributed by atoms with van der Waals surface area (Å²) >= 11 is 11.8. The van der Waals surface area contributed by atoms with Crippen molar-refractivity contribution >= 4 is 48.8 Å². The topological polar surface area (TPSA) is 295 Å². The van der Waals surface area contributed by atoms with Gasteiger partial charge < -0.3 is 66.2 Å². The molecule has 0 bridgehead atoms. The SMILES string of the molecule is [C-]#[N+]CCOP(=S)(OC[C@H]1O[C@@H](n2cc(C)c(=O)[nH]c2=O)C[C@H]1OP(=S)(OCC[N+]#[C-])OC[C@H]1O[C@@H](n2cc(C)c(NC(=O)c3ccccc3)nc2=O)C[C@H]1OC)O[C@@H]1C[C@H](n2cc(C)c(=O)[nH]c2=O)O[C@@H]1CO. The summed E-state index contributed by atoms with van der Waals surface area (Å²) in [6.07, 6.45) is -4.83. The second-order valence-electron chi connectivity index (χ2n) is 17.0. The summed E-state index contributed by atoms with van der Waals surface area (Å²) in [5.41, 5.74) is -2.21. The van der Waals surface area contributed by atoms with Crippen LogP contribution >= 0.6 is 13.4 Å². The molecule has 26 nitrogen and oxygen atoms in total. The molecular formula is C44H53N9O17P2S2. The van der Waals surface area contributed by atoms with Crippen molar-refractivity contribution in [3.63, 3.8) is 0 Å². The van der Waals surface area contributed by atoms with Crippen LogP contribution in [0.5, 0.6) is 0 Å². The Balaban J connectivity index is 1.11. The standard InChI is InChI=1S/C44H53N9O17P2S2/c1-25-19-51(42(58)48-38(25)47-41(57)28-10-8-7-9-11-28)35-16-29(61-6)33(67-35)23-64-72(74,63-15-13-46-5)70-31-18-37(53-21-27(3)40(56)50-44(53)60)68-34(31)24-65-71(73,62-14-12-45-4)69-30-17-36(66-32(30)22-54)52-20-26(2)39(55)49-43(52)59/h7-11,19-21,29-37,54H,12-18,22-24H2,1-3,6H3,(H,49,55,59)(H,50,56,60)(H,47,48,57,58)/t29-,30-,31-,32-,33-,34-,35-,36-,37-,71?,72?/m1/s1. The van der Waals surface area contributed by atoms with Gasteiger partial charge in [0, 0.05) is 67.2 Å². The zero-order valence-corrected chi connectivity index (χ0v) is 43.7. The molecule has 11 atom stereocenters. The number of aromatic amines is 2. The summed E-state index contributed by atoms with van der Waals surface area (Å²) in [5, 5.41) is 13.0. The van der Waals surface area contributed by atoms with Crippen molar-refractivity contribution in [2.24, 2.45) is 0 Å². The molecule has 7 rings (SSSR count). The minimum absolute atomic E-state index is 0.0568. The van der Waals surface area contributed by atoms with Gasteiger partial charge in [-0.2, -0.15) is 4.98 Å². The van der Waals surface area contributed by atoms with Gasteiger partial charge in [-0.15, -0.1) is 0 Å². The molecule has 3 aliphatic rings. The van der Waals surface area contributed by atoms with E-state index < -0.39 is 116 Å². The van der Waals surface area contributed by atoms with Crippen LogP contribution in [-0.2, 0) is 69.7 Å². The number of nitrogens with one attached hydrogen (secondary N) is 3. The van der Waals surface area contributed by atoms with Crippen LogP contribution in [0.25, 0.3) is 9.69 Å². The third-order valence-corrected chi connectivity index (χ3v) is 16.6. The third kappa shape index (κ3) is 13.8. The van der Waals surface area contributed by atoms with Crippen molar-refractivity contribution < 1.29 is 56.0 Å². The van der Waals surface area contributed by atoms with Crippen molar-refractivity contribution in [2.75, 3.05) is 58.6 Å². The Hall–Kier alpha value is -5.23. The van der Waals surface area contributed by atoms with E-state index in [0.717, 1.165) is 9.13 Å². The predicted molar refractivity (Wildman–Crippen MR) is 268 cm³/mol. The summed E-state index contributed by atoms with van der Waals surface area (Å²) in [5.74, 6) is -0.376. The first-order valence-electron chi connectivity index (χ1n) is 22.9. The molecule has 30 heteroatoms. The Morgan fingerprint density at radius 1 is 0.730 bits per heavy atom. The van der Waals surface area contributed by atoms with Crippen LogP contribution in [0.2, 0.25) is 0 Å². The van der Waals surface area contributed by atoms with Gasteiger partial charge in [-0.1, -0.05) is 18.2 Å². The van der Waals surface area contributed by atoms with Gasteiger partial charge in [0.25, 0.3) is 17.0 Å². The number of nitrogens with zero attached hydrogens (tertiary/aromatic N) is 6. The quantitative estimate of drug-likeness (QED) is 0.0471. The number of carbonyl (C=O) groups excluding carboxylic acids is 1. The highest BCUT2D eigenvalue weighted by molar-refractivity contribution is 8.07. The van der Waals surface area contributed by atoms with Crippen molar-refractivity contribution in [1.82, 2.24) is 28.7 Å². The Morgan fingerprint density at radius 2 is 1.19 bits per heavy atom. The third-order valence-electron chi connectivity index (χ3n) is 11.9. The van der Waals surface area contributed by atoms with Crippen molar-refractivity contribution in [2.45, 2.75) is 95.3 Å². The molecule has 4 aromatic rings. The van der Waals surface area contributed by atoms with E-state index in [1.165, 1.54) is 44.1 Å². The van der Waals surface area contributed by atoms with Gasteiger partial charge in [-0.3, -0.25) is 38.1 Å². The fraction of sp³-hybridized carbons (Fsp3) is 0.523. The maximum atomic E-state index is 13.4. The maximum Gasteiger partial charge on any atom is 0.351 e. The number of hydrogen-bond acceptors (Lipinski definition) is 20. The molecule has 3 aromatic heterocycles. The number of carbonyl (C=O) groups is 1. The molecule has 0 saturated carbocycles. The van der Waals surface area contributed by atoms with E-state index in [2.05, 4.69) is 30.0 Å². The van der Waals surface area contributed by atoms with Gasteiger partial charge >= 0.3 is 30.5 Å². The number of aliphatic hydroxyl groups excluding tert-OH is 1. The number of hydrogen-bond donors (Lipinski definition) is 4. The van der Waals surface area contributed by atoms with Crippen LogP contribution in [0.3, 0.4) is 0 Å². The Kier molecular flexibility index (Phi) is 19.1. The molecule has 398 valence electrons. The lowest BCUT2D eigenvalue weighted by Crippen LogP contribution is -2.33. The Labute approximate surface area is 431 Å². The first kappa shape index (κ1) is 56.5. The number of ether oxygens (including phenoxy) is 4. The fourth-order valence-electron chi connectivity index (χ4n) is 8.07. The highest BCUT2D eigenvalue weighted by Crippen LogP contribution is 2.56. The van der Waals surface area contributed by atoms with E-state index in [1.54, 1.807) is 37.3 Å². The second kappa shape index (κ2) is 25.1. The van der Waals surface area contributed by atoms with Crippen LogP contribution in [0, 0.1) is 33.9 Å². The summed E-state index contributed by atoms with van der Waals surface area (Å²) in [4.78, 5) is 91.9. The zero-order chi connectivity index (χ0) is 53.3. The van der Waals surface area contributed by atoms with Crippen molar-refractivity contribution in [1.29, 1.82) is 0 Å². The number of aromatic nitrogens is 6. The van der Waals surface area contributed by atoms with Crippen LogP contribution < -0.4 is 33.5 Å². The molecule has 6 heterocycles. The Bertz CT molecular complexity index is 3160. The van der Waals surface area contributed by atoms with Crippen LogP contribution in [0.15, 0.2) is 72.9 Å². The number of amides is 1. The monoisotopic (exact) mass is 1110 g/mol. The van der Waals surface area contributed by atoms with Crippen molar-refractivity contribution in [3.05, 3.63) is 146 Å². The van der Waals surface area contributed by atoms with Crippen LogP contribution in [-0.4, -0.2) is 130 Å². The molecule has 1 amide bonds. The van der Waals surface area contributed by atoms with E-state index in [1.807, 2.05) is 0 Å². The summed E-state index contributed by atoms with van der Waals surface area (Å²) in [7, 11) is 1.45. The molecule has 4 N–H and O–H groups in total. The molecule has 74 heavy (non-hydrogen) atoms. The van der Waals surface area contributed by atoms with E-state index in [4.69, 9.17) is 82.8 Å². The van der Waals surface area contributed by atoms with Gasteiger partial charge in [0.05, 0.1) is 38.1 Å². The van der Waals surface area contributed by atoms with Crippen LogP contribution in [0.1, 0.15) is 65.0 Å². The normalized spacial score (nSPS) is 25.2. The first-order valence-corrected chi connectivity index (χ1v) is 28.0. The van der Waals surface area contributed by atoms with Gasteiger partial charge in [-0.25, -0.2) is 27.5 Å². The molecule has 0 spiro atoms. The number of rotatable bonds is 23. The average Bonchev–Trinajstić information content (AvgIpc) is 4.10. The lowest BCUT2D eigenvalue weighted by Gasteiger charge is -2.30. The first-order chi connectivity index (χ1) is 35.4. The van der Waals surface area contributed by atoms with Crippen LogP contribution in [0.4, 0.5) is 5.82 Å². The van der Waals surface area contributed by atoms with Gasteiger partial charge in [0.2, 0.25) is 13.1 Å². The molecule has 3 aliphatic heterocycles. The molecule has 1 aromatic carbocycles. The predicted octanol–water partition coefficient (Wildman–Crippen LogP) is 2.52. The lowest BCUT2D eigenvalue weighted by atomic mass is 10.2. The Morgan fingerprint density at radius 3 is 1.69 bits per heavy atom. The molecule has 3 fully saturated rings. The fourth-order valence-corrected chi connectivity index (χ4v) is 12.3. The highest BCUT2D eigenvalue weighted by atomic mass is 32.5. The van der Waals surface area contributed by atoms with Crippen molar-refractivity contribution in [3.8, 4) is 0 Å². The van der Waals surface area contributed by atoms with Gasteiger partial charge in [0.1, 0.15) is 56.0 Å². The zero-order valence-electron chi connectivity index (χ0n) is 40.3. The van der Waals surface area contributed by atoms with E-state index >= 15 is 0 Å².